The first-order valence-electron chi connectivity index (χ1n) is 9.05. The van der Waals surface area contributed by atoms with Crippen LogP contribution in [-0.2, 0) is 20.3 Å². The van der Waals surface area contributed by atoms with Crippen LogP contribution in [0.1, 0.15) is 11.1 Å². The Hall–Kier alpha value is -1.90. The smallest absolute Gasteiger partial charge is 0.430 e. The van der Waals surface area contributed by atoms with E-state index in [0.29, 0.717) is 13.1 Å². The Kier molecular flexibility index (Phi) is 14.3. The SMILES string of the molecule is NOCOC(=O)C1=Cc2cc(Br)cc(C(O)(O)O)c2OC1C(F)(F)F.OCCNCCO.[NH3+]O. The number of nitrogens with one attached hydrogen (secondary N) is 1. The minimum atomic E-state index is -5.04. The third-order valence-electron chi connectivity index (χ3n) is 3.64. The number of esters is 1. The number of fused-ring (bicyclic) bond motifs is 1. The zero-order valence-corrected chi connectivity index (χ0v) is 19.0. The number of hydrogen-bond acceptors (Lipinski definition) is 12. The van der Waals surface area contributed by atoms with Crippen LogP contribution in [0.15, 0.2) is 22.2 Å². The van der Waals surface area contributed by atoms with Crippen LogP contribution in [0, 0.1) is 0 Å². The molecule has 34 heavy (non-hydrogen) atoms. The lowest BCUT2D eigenvalue weighted by molar-refractivity contribution is -0.670. The summed E-state index contributed by atoms with van der Waals surface area (Å²) in [6, 6.07) is 2.19. The van der Waals surface area contributed by atoms with Crippen molar-refractivity contribution < 1.29 is 68.9 Å². The topological polar surface area (TPSA) is 232 Å². The van der Waals surface area contributed by atoms with Gasteiger partial charge in [-0.15, -0.1) is 0 Å². The molecule has 1 aliphatic rings. The van der Waals surface area contributed by atoms with Crippen LogP contribution in [0.2, 0.25) is 0 Å². The average Bonchev–Trinajstić information content (AvgIpc) is 2.77. The van der Waals surface area contributed by atoms with Gasteiger partial charge in [-0.05, 0) is 18.2 Å². The second-order valence-electron chi connectivity index (χ2n) is 6.06. The molecular weight excluding hydrogens is 543 g/mol. The number of quaternary nitrogens is 1. The first-order valence-corrected chi connectivity index (χ1v) is 9.85. The Morgan fingerprint density at radius 3 is 2.18 bits per heavy atom. The molecular formula is C17H26BrF3N3O10+. The molecule has 0 radical (unpaired) electrons. The van der Waals surface area contributed by atoms with Crippen molar-refractivity contribution in [1.29, 1.82) is 0 Å². The van der Waals surface area contributed by atoms with Crippen molar-refractivity contribution in [2.75, 3.05) is 33.1 Å². The molecule has 0 fully saturated rings. The monoisotopic (exact) mass is 568 g/mol. The van der Waals surface area contributed by atoms with E-state index in [1.165, 1.54) is 6.07 Å². The summed E-state index contributed by atoms with van der Waals surface area (Å²) < 4.78 is 49.1. The Morgan fingerprint density at radius 1 is 1.18 bits per heavy atom. The normalized spacial score (nSPS) is 14.9. The molecule has 12 N–H and O–H groups in total. The Labute approximate surface area is 199 Å². The van der Waals surface area contributed by atoms with Gasteiger partial charge < -0.3 is 40.3 Å². The van der Waals surface area contributed by atoms with Crippen LogP contribution in [-0.4, -0.2) is 82.1 Å². The standard InChI is InChI=1S/C13H11BrF3NO7.C4H11NO2.H4NO/c14-6-1-5-2-7(11(19)23-4-24-18)10(12(15,16)17)25-9(5)8(3-6)13(20,21)22;6-3-1-5-2-4-7;1-2/h1-3,10,20-22H,4,18H2;5-7H,1-4H2;2H,1H3/q;;+1. The molecule has 17 heteroatoms. The number of halogens is 4. The number of benzene rings is 1. The number of carbonyl (C=O) groups excluding carboxylic acids is 1. The average molecular weight is 569 g/mol. The summed E-state index contributed by atoms with van der Waals surface area (Å²) in [5.74, 6) is 1.37. The van der Waals surface area contributed by atoms with Gasteiger partial charge in [0.25, 0.3) is 0 Å². The zero-order chi connectivity index (χ0) is 26.5. The Bertz CT molecular complexity index is 802. The molecule has 1 unspecified atom stereocenters. The molecule has 1 aromatic carbocycles. The first kappa shape index (κ1) is 32.1. The second-order valence-corrected chi connectivity index (χ2v) is 6.98. The molecule has 0 aliphatic carbocycles. The van der Waals surface area contributed by atoms with Crippen LogP contribution in [0.25, 0.3) is 6.08 Å². The summed E-state index contributed by atoms with van der Waals surface area (Å²) in [5.41, 5.74) is -1.80. The van der Waals surface area contributed by atoms with Gasteiger partial charge in [-0.3, -0.25) is 4.84 Å². The van der Waals surface area contributed by atoms with E-state index in [0.717, 1.165) is 12.1 Å². The van der Waals surface area contributed by atoms with Crippen LogP contribution in [0.3, 0.4) is 0 Å². The van der Waals surface area contributed by atoms with Gasteiger partial charge in [0.1, 0.15) is 5.75 Å². The van der Waals surface area contributed by atoms with Gasteiger partial charge in [0.05, 0.1) is 24.4 Å². The molecule has 1 heterocycles. The highest BCUT2D eigenvalue weighted by molar-refractivity contribution is 9.10. The molecule has 1 atom stereocenters. The van der Waals surface area contributed by atoms with Crippen molar-refractivity contribution in [3.05, 3.63) is 33.3 Å². The fourth-order valence-corrected chi connectivity index (χ4v) is 2.87. The highest BCUT2D eigenvalue weighted by Gasteiger charge is 2.50. The van der Waals surface area contributed by atoms with Crippen molar-refractivity contribution >= 4 is 28.0 Å². The molecule has 0 saturated carbocycles. The lowest BCUT2D eigenvalue weighted by atomic mass is 9.98. The van der Waals surface area contributed by atoms with Crippen LogP contribution < -0.4 is 21.8 Å². The highest BCUT2D eigenvalue weighted by atomic mass is 79.9. The number of rotatable bonds is 8. The summed E-state index contributed by atoms with van der Waals surface area (Å²) >= 11 is 2.99. The molecule has 196 valence electrons. The van der Waals surface area contributed by atoms with Crippen LogP contribution in [0.4, 0.5) is 13.2 Å². The lowest BCUT2D eigenvalue weighted by Gasteiger charge is -2.30. The molecule has 0 spiro atoms. The van der Waals surface area contributed by atoms with E-state index in [9.17, 15) is 33.3 Å². The lowest BCUT2D eigenvalue weighted by Crippen LogP contribution is -2.42. The van der Waals surface area contributed by atoms with Crippen LogP contribution >= 0.6 is 15.9 Å². The summed E-state index contributed by atoms with van der Waals surface area (Å²) in [5, 5.41) is 53.8. The predicted molar refractivity (Wildman–Crippen MR) is 109 cm³/mol. The predicted octanol–water partition coefficient (Wildman–Crippen LogP) is -2.19. The van der Waals surface area contributed by atoms with E-state index in [1.807, 2.05) is 0 Å². The van der Waals surface area contributed by atoms with E-state index in [4.69, 9.17) is 20.2 Å². The van der Waals surface area contributed by atoms with E-state index in [1.54, 1.807) is 0 Å². The first-order chi connectivity index (χ1) is 15.9. The minimum Gasteiger partial charge on any atom is -0.475 e. The van der Waals surface area contributed by atoms with Gasteiger partial charge in [0.15, 0.2) is 0 Å². The van der Waals surface area contributed by atoms with Crippen molar-refractivity contribution in [1.82, 2.24) is 5.32 Å². The quantitative estimate of drug-likeness (QED) is 0.0704. The van der Waals surface area contributed by atoms with Gasteiger partial charge in [-0.1, -0.05) is 15.9 Å². The third-order valence-corrected chi connectivity index (χ3v) is 4.10. The number of hydrogen-bond donors (Lipinski definition) is 9. The Morgan fingerprint density at radius 2 is 1.74 bits per heavy atom. The maximum atomic E-state index is 13.2. The maximum absolute atomic E-state index is 13.2. The number of carbonyl (C=O) groups is 1. The molecule has 0 saturated heterocycles. The van der Waals surface area contributed by atoms with Crippen molar-refractivity contribution in [3.8, 4) is 5.75 Å². The van der Waals surface area contributed by atoms with Crippen molar-refractivity contribution in [3.63, 3.8) is 0 Å². The fraction of sp³-hybridized carbons (Fsp3) is 0.471. The number of nitrogens with two attached hydrogens (primary N) is 1. The van der Waals surface area contributed by atoms with Crippen LogP contribution in [0.5, 0.6) is 5.75 Å². The molecule has 1 aliphatic heterocycles. The molecule has 13 nitrogen and oxygen atoms in total. The summed E-state index contributed by atoms with van der Waals surface area (Å²) in [6.07, 6.45) is -7.03. The molecule has 0 amide bonds. The second kappa shape index (κ2) is 15.2. The summed E-state index contributed by atoms with van der Waals surface area (Å²) in [4.78, 5) is 15.8. The molecule has 0 aromatic heterocycles. The van der Waals surface area contributed by atoms with Gasteiger partial charge in [0.2, 0.25) is 12.9 Å². The summed E-state index contributed by atoms with van der Waals surface area (Å²) in [6.45, 7) is 0.630. The number of aliphatic hydroxyl groups excluding tert-OH is 2. The molecule has 1 aromatic rings. The molecule has 2 rings (SSSR count). The van der Waals surface area contributed by atoms with Gasteiger partial charge in [0, 0.05) is 23.1 Å². The minimum absolute atomic E-state index is 0.132. The fourth-order valence-electron chi connectivity index (χ4n) is 2.39. The maximum Gasteiger partial charge on any atom is 0.430 e. The van der Waals surface area contributed by atoms with E-state index >= 15 is 0 Å². The van der Waals surface area contributed by atoms with E-state index in [2.05, 4.69) is 42.6 Å². The highest BCUT2D eigenvalue weighted by Crippen LogP contribution is 2.42. The number of ether oxygens (including phenoxy) is 2. The summed E-state index contributed by atoms with van der Waals surface area (Å²) in [7, 11) is 0. The van der Waals surface area contributed by atoms with Crippen molar-refractivity contribution in [2.45, 2.75) is 18.3 Å². The third kappa shape index (κ3) is 10.2. The van der Waals surface area contributed by atoms with Gasteiger partial charge >= 0.3 is 18.1 Å². The number of aliphatic hydroxyl groups is 5. The van der Waals surface area contributed by atoms with E-state index in [-0.39, 0.29) is 23.2 Å². The van der Waals surface area contributed by atoms with E-state index < -0.39 is 47.9 Å². The largest absolute Gasteiger partial charge is 0.475 e. The van der Waals surface area contributed by atoms with Crippen molar-refractivity contribution in [2.24, 2.45) is 5.90 Å². The Balaban J connectivity index is 0.00000104. The zero-order valence-electron chi connectivity index (χ0n) is 17.5. The number of alkyl halides is 3. The van der Waals surface area contributed by atoms with Gasteiger partial charge in [-0.2, -0.15) is 13.2 Å². The van der Waals surface area contributed by atoms with Gasteiger partial charge in [-0.25, -0.2) is 21.8 Å². The molecule has 0 bridgehead atoms.